The molecule has 0 radical (unpaired) electrons. The van der Waals surface area contributed by atoms with Gasteiger partial charge >= 0.3 is 0 Å². The lowest BCUT2D eigenvalue weighted by molar-refractivity contribution is -0.125. The van der Waals surface area contributed by atoms with Gasteiger partial charge in [0, 0.05) is 44.5 Å². The zero-order valence-electron chi connectivity index (χ0n) is 12.7. The van der Waals surface area contributed by atoms with Crippen LogP contribution in [0.15, 0.2) is 18.6 Å². The molecule has 1 aliphatic heterocycles. The van der Waals surface area contributed by atoms with Gasteiger partial charge in [-0.3, -0.25) is 9.78 Å². The fourth-order valence-corrected chi connectivity index (χ4v) is 2.55. The first kappa shape index (κ1) is 15.7. The van der Waals surface area contributed by atoms with E-state index in [4.69, 9.17) is 0 Å². The minimum atomic E-state index is 0.129. The fourth-order valence-electron chi connectivity index (χ4n) is 2.55. The predicted octanol–water partition coefficient (Wildman–Crippen LogP) is 0.809. The van der Waals surface area contributed by atoms with Gasteiger partial charge in [0.25, 0.3) is 0 Å². The average Bonchev–Trinajstić information content (AvgIpc) is 2.55. The third-order valence-corrected chi connectivity index (χ3v) is 3.77. The summed E-state index contributed by atoms with van der Waals surface area (Å²) in [5.74, 6) is 1.22. The highest BCUT2D eigenvalue weighted by Gasteiger charge is 2.25. The molecule has 0 unspecified atom stereocenters. The molecular formula is C15H25N5O. The van der Waals surface area contributed by atoms with Gasteiger partial charge in [-0.2, -0.15) is 0 Å². The Morgan fingerprint density at radius 2 is 2.10 bits per heavy atom. The maximum atomic E-state index is 12.1. The molecule has 1 saturated heterocycles. The maximum absolute atomic E-state index is 12.1. The largest absolute Gasteiger partial charge is 0.355 e. The van der Waals surface area contributed by atoms with Crippen LogP contribution in [0.1, 0.15) is 26.2 Å². The molecule has 1 aromatic heterocycles. The lowest BCUT2D eigenvalue weighted by Gasteiger charge is -2.31. The monoisotopic (exact) mass is 291 g/mol. The lowest BCUT2D eigenvalue weighted by atomic mass is 9.96. The summed E-state index contributed by atoms with van der Waals surface area (Å²) in [7, 11) is 0. The Kier molecular flexibility index (Phi) is 6.40. The molecular weight excluding hydrogens is 266 g/mol. The smallest absolute Gasteiger partial charge is 0.223 e. The number of amides is 1. The molecule has 6 heteroatoms. The SMILES string of the molecule is CCCNCCNC(=O)C1CCN(c2cnccn2)CC1. The highest BCUT2D eigenvalue weighted by molar-refractivity contribution is 5.78. The van der Waals surface area contributed by atoms with Crippen molar-refractivity contribution in [1.82, 2.24) is 20.6 Å². The molecule has 0 atom stereocenters. The van der Waals surface area contributed by atoms with Crippen LogP contribution < -0.4 is 15.5 Å². The second-order valence-corrected chi connectivity index (χ2v) is 5.37. The van der Waals surface area contributed by atoms with Crippen molar-refractivity contribution in [2.75, 3.05) is 37.6 Å². The minimum Gasteiger partial charge on any atom is -0.355 e. The number of carbonyl (C=O) groups is 1. The van der Waals surface area contributed by atoms with Gasteiger partial charge in [0.2, 0.25) is 5.91 Å². The van der Waals surface area contributed by atoms with E-state index < -0.39 is 0 Å². The topological polar surface area (TPSA) is 70.2 Å². The van der Waals surface area contributed by atoms with Gasteiger partial charge < -0.3 is 15.5 Å². The molecule has 0 spiro atoms. The molecule has 0 bridgehead atoms. The van der Waals surface area contributed by atoms with Crippen molar-refractivity contribution in [3.05, 3.63) is 18.6 Å². The van der Waals surface area contributed by atoms with Crippen LogP contribution in [0, 0.1) is 5.92 Å². The number of hydrogen-bond acceptors (Lipinski definition) is 5. The van der Waals surface area contributed by atoms with E-state index in [1.807, 2.05) is 0 Å². The number of nitrogens with one attached hydrogen (secondary N) is 2. The van der Waals surface area contributed by atoms with Gasteiger partial charge in [0.05, 0.1) is 6.20 Å². The molecule has 0 aromatic carbocycles. The van der Waals surface area contributed by atoms with Crippen molar-refractivity contribution in [3.63, 3.8) is 0 Å². The molecule has 2 heterocycles. The summed E-state index contributed by atoms with van der Waals surface area (Å²) in [5.41, 5.74) is 0. The highest BCUT2D eigenvalue weighted by Crippen LogP contribution is 2.20. The molecule has 0 aliphatic carbocycles. The maximum Gasteiger partial charge on any atom is 0.223 e. The van der Waals surface area contributed by atoms with Gasteiger partial charge in [-0.15, -0.1) is 0 Å². The summed E-state index contributed by atoms with van der Waals surface area (Å²) in [4.78, 5) is 22.7. The van der Waals surface area contributed by atoms with Crippen molar-refractivity contribution in [3.8, 4) is 0 Å². The Morgan fingerprint density at radius 3 is 2.76 bits per heavy atom. The van der Waals surface area contributed by atoms with Crippen molar-refractivity contribution in [1.29, 1.82) is 0 Å². The number of aromatic nitrogens is 2. The second-order valence-electron chi connectivity index (χ2n) is 5.37. The summed E-state index contributed by atoms with van der Waals surface area (Å²) >= 11 is 0. The van der Waals surface area contributed by atoms with Gasteiger partial charge in [0.1, 0.15) is 5.82 Å². The van der Waals surface area contributed by atoms with Crippen LogP contribution >= 0.6 is 0 Å². The Morgan fingerprint density at radius 1 is 1.29 bits per heavy atom. The molecule has 1 aromatic rings. The summed E-state index contributed by atoms with van der Waals surface area (Å²) in [6.45, 7) is 6.43. The van der Waals surface area contributed by atoms with Gasteiger partial charge in [-0.25, -0.2) is 4.98 Å². The Bertz CT molecular complexity index is 417. The summed E-state index contributed by atoms with van der Waals surface area (Å²) in [6, 6.07) is 0. The summed E-state index contributed by atoms with van der Waals surface area (Å²) in [5, 5.41) is 6.30. The number of carbonyl (C=O) groups excluding carboxylic acids is 1. The number of piperidine rings is 1. The van der Waals surface area contributed by atoms with Gasteiger partial charge in [0.15, 0.2) is 0 Å². The van der Waals surface area contributed by atoms with Crippen molar-refractivity contribution in [2.24, 2.45) is 5.92 Å². The first-order chi connectivity index (χ1) is 10.3. The standard InChI is InChI=1S/C15H25N5O/c1-2-5-16-6-9-19-15(21)13-3-10-20(11-4-13)14-12-17-7-8-18-14/h7-8,12-13,16H,2-6,9-11H2,1H3,(H,19,21). The molecule has 116 valence electrons. The van der Waals surface area contributed by atoms with Gasteiger partial charge in [-0.05, 0) is 25.8 Å². The average molecular weight is 291 g/mol. The normalized spacial score (nSPS) is 16.0. The summed E-state index contributed by atoms with van der Waals surface area (Å²) < 4.78 is 0. The molecule has 1 fully saturated rings. The van der Waals surface area contributed by atoms with E-state index in [1.165, 1.54) is 0 Å². The molecule has 1 aliphatic rings. The molecule has 2 N–H and O–H groups in total. The molecule has 0 saturated carbocycles. The molecule has 2 rings (SSSR count). The van der Waals surface area contributed by atoms with E-state index in [-0.39, 0.29) is 11.8 Å². The van der Waals surface area contributed by atoms with Crippen LogP contribution in [0.2, 0.25) is 0 Å². The Balaban J connectivity index is 1.67. The van der Waals surface area contributed by atoms with E-state index in [0.717, 1.165) is 51.3 Å². The van der Waals surface area contributed by atoms with Crippen LogP contribution in [0.3, 0.4) is 0 Å². The number of anilines is 1. The van der Waals surface area contributed by atoms with E-state index >= 15 is 0 Å². The number of hydrogen-bond donors (Lipinski definition) is 2. The minimum absolute atomic E-state index is 0.129. The van der Waals surface area contributed by atoms with E-state index in [1.54, 1.807) is 18.6 Å². The quantitative estimate of drug-likeness (QED) is 0.728. The third kappa shape index (κ3) is 4.97. The highest BCUT2D eigenvalue weighted by atomic mass is 16.1. The Labute approximate surface area is 126 Å². The lowest BCUT2D eigenvalue weighted by Crippen LogP contribution is -2.42. The first-order valence-corrected chi connectivity index (χ1v) is 7.80. The van der Waals surface area contributed by atoms with Crippen molar-refractivity contribution < 1.29 is 4.79 Å². The van der Waals surface area contributed by atoms with E-state index in [9.17, 15) is 4.79 Å². The zero-order valence-corrected chi connectivity index (χ0v) is 12.7. The number of rotatable bonds is 7. The van der Waals surface area contributed by atoms with Crippen LogP contribution in [0.5, 0.6) is 0 Å². The second kappa shape index (κ2) is 8.56. The van der Waals surface area contributed by atoms with E-state index in [2.05, 4.69) is 32.4 Å². The molecule has 6 nitrogen and oxygen atoms in total. The number of nitrogens with zero attached hydrogens (tertiary/aromatic N) is 3. The van der Waals surface area contributed by atoms with Crippen LogP contribution in [-0.2, 0) is 4.79 Å². The first-order valence-electron chi connectivity index (χ1n) is 7.80. The van der Waals surface area contributed by atoms with Crippen LogP contribution in [0.25, 0.3) is 0 Å². The van der Waals surface area contributed by atoms with Crippen molar-refractivity contribution >= 4 is 11.7 Å². The van der Waals surface area contributed by atoms with Crippen LogP contribution in [-0.4, -0.2) is 48.6 Å². The third-order valence-electron chi connectivity index (χ3n) is 3.77. The van der Waals surface area contributed by atoms with Gasteiger partial charge in [-0.1, -0.05) is 6.92 Å². The predicted molar refractivity (Wildman–Crippen MR) is 83.1 cm³/mol. The Hall–Kier alpha value is -1.69. The van der Waals surface area contributed by atoms with E-state index in [0.29, 0.717) is 6.54 Å². The van der Waals surface area contributed by atoms with Crippen molar-refractivity contribution in [2.45, 2.75) is 26.2 Å². The summed E-state index contributed by atoms with van der Waals surface area (Å²) in [6.07, 6.45) is 8.04. The fraction of sp³-hybridized carbons (Fsp3) is 0.667. The molecule has 21 heavy (non-hydrogen) atoms. The molecule has 1 amide bonds. The zero-order chi connectivity index (χ0) is 14.9. The van der Waals surface area contributed by atoms with Crippen LogP contribution in [0.4, 0.5) is 5.82 Å².